The number of carbonyl (C=O) groups excluding carboxylic acids is 1. The van der Waals surface area contributed by atoms with Crippen molar-refractivity contribution in [2.24, 2.45) is 5.41 Å². The summed E-state index contributed by atoms with van der Waals surface area (Å²) in [6.07, 6.45) is 7.05. The van der Waals surface area contributed by atoms with Crippen LogP contribution >= 0.6 is 0 Å². The summed E-state index contributed by atoms with van der Waals surface area (Å²) in [6.45, 7) is 5.81. The number of nitrogens with one attached hydrogen (secondary N) is 1. The predicted octanol–water partition coefficient (Wildman–Crippen LogP) is 2.14. The first-order valence-corrected chi connectivity index (χ1v) is 7.28. The van der Waals surface area contributed by atoms with Crippen molar-refractivity contribution in [2.45, 2.75) is 51.0 Å². The molecule has 0 aromatic rings. The second-order valence-corrected chi connectivity index (χ2v) is 6.62. The highest BCUT2D eigenvalue weighted by Gasteiger charge is 2.47. The van der Waals surface area contributed by atoms with Crippen LogP contribution in [0.4, 0.5) is 4.79 Å². The number of urea groups is 1. The van der Waals surface area contributed by atoms with Crippen LogP contribution in [0.5, 0.6) is 0 Å². The van der Waals surface area contributed by atoms with Crippen LogP contribution in [0.15, 0.2) is 0 Å². The number of likely N-dealkylation sites (tertiary alicyclic amines) is 1. The van der Waals surface area contributed by atoms with E-state index in [1.165, 1.54) is 19.3 Å². The Morgan fingerprint density at radius 3 is 2.61 bits per heavy atom. The second-order valence-electron chi connectivity index (χ2n) is 6.62. The zero-order chi connectivity index (χ0) is 12.6. The van der Waals surface area contributed by atoms with Gasteiger partial charge < -0.3 is 15.0 Å². The Morgan fingerprint density at radius 1 is 1.28 bits per heavy atom. The molecular formula is C14H24N2O2. The molecule has 1 aliphatic carbocycles. The van der Waals surface area contributed by atoms with Crippen LogP contribution in [0.2, 0.25) is 0 Å². The lowest BCUT2D eigenvalue weighted by Crippen LogP contribution is -2.54. The molecule has 2 amide bonds. The Kier molecular flexibility index (Phi) is 3.00. The summed E-state index contributed by atoms with van der Waals surface area (Å²) in [4.78, 5) is 13.7. The lowest BCUT2D eigenvalue weighted by Gasteiger charge is -2.51. The second kappa shape index (κ2) is 4.41. The molecule has 4 heteroatoms. The molecule has 2 aliphatic heterocycles. The van der Waals surface area contributed by atoms with Crippen LogP contribution in [-0.2, 0) is 4.74 Å². The van der Waals surface area contributed by atoms with Gasteiger partial charge >= 0.3 is 6.03 Å². The minimum Gasteiger partial charge on any atom is -0.375 e. The normalized spacial score (nSPS) is 33.7. The molecule has 0 aromatic carbocycles. The van der Waals surface area contributed by atoms with Crippen molar-refractivity contribution in [3.63, 3.8) is 0 Å². The van der Waals surface area contributed by atoms with Crippen molar-refractivity contribution >= 4 is 6.03 Å². The van der Waals surface area contributed by atoms with Gasteiger partial charge in [0.05, 0.1) is 5.60 Å². The first kappa shape index (κ1) is 12.3. The van der Waals surface area contributed by atoms with Crippen LogP contribution in [0.1, 0.15) is 45.4 Å². The molecule has 102 valence electrons. The van der Waals surface area contributed by atoms with E-state index in [4.69, 9.17) is 4.74 Å². The lowest BCUT2D eigenvalue weighted by atomic mass is 9.66. The zero-order valence-electron chi connectivity index (χ0n) is 11.3. The summed E-state index contributed by atoms with van der Waals surface area (Å²) < 4.78 is 5.96. The first-order chi connectivity index (χ1) is 8.61. The fourth-order valence-corrected chi connectivity index (χ4v) is 3.39. The average Bonchev–Trinajstić information content (AvgIpc) is 2.22. The maximum atomic E-state index is 11.8. The summed E-state index contributed by atoms with van der Waals surface area (Å²) in [5.74, 6) is 0. The Bertz CT molecular complexity index is 337. The molecule has 3 aliphatic rings. The smallest absolute Gasteiger partial charge is 0.317 e. The summed E-state index contributed by atoms with van der Waals surface area (Å²) in [6, 6.07) is 0.122. The molecule has 18 heavy (non-hydrogen) atoms. The summed E-state index contributed by atoms with van der Waals surface area (Å²) in [5, 5.41) is 3.11. The van der Waals surface area contributed by atoms with Crippen LogP contribution < -0.4 is 5.32 Å². The molecule has 1 spiro atoms. The number of hydrogen-bond acceptors (Lipinski definition) is 2. The van der Waals surface area contributed by atoms with Gasteiger partial charge in [-0.2, -0.15) is 0 Å². The van der Waals surface area contributed by atoms with Gasteiger partial charge in [-0.05, 0) is 43.9 Å². The minimum atomic E-state index is 0.122. The Labute approximate surface area is 109 Å². The first-order valence-electron chi connectivity index (χ1n) is 7.28. The molecule has 1 atom stereocenters. The summed E-state index contributed by atoms with van der Waals surface area (Å²) in [5.41, 5.74) is 0.383. The monoisotopic (exact) mass is 252 g/mol. The fraction of sp³-hybridized carbons (Fsp3) is 0.929. The number of hydrogen-bond donors (Lipinski definition) is 1. The molecule has 0 radical (unpaired) electrons. The van der Waals surface area contributed by atoms with E-state index in [2.05, 4.69) is 12.2 Å². The molecule has 3 rings (SSSR count). The van der Waals surface area contributed by atoms with Crippen LogP contribution in [0.25, 0.3) is 0 Å². The van der Waals surface area contributed by atoms with Gasteiger partial charge in [-0.15, -0.1) is 0 Å². The van der Waals surface area contributed by atoms with Gasteiger partial charge in [0.1, 0.15) is 0 Å². The Hall–Kier alpha value is -0.770. The van der Waals surface area contributed by atoms with Gasteiger partial charge in [-0.25, -0.2) is 4.79 Å². The third-order valence-corrected chi connectivity index (χ3v) is 4.94. The summed E-state index contributed by atoms with van der Waals surface area (Å²) >= 11 is 0. The van der Waals surface area contributed by atoms with Gasteiger partial charge in [0.2, 0.25) is 0 Å². The SMILES string of the molecule is CC1(CNC(=O)N2CCC2)CCOC2(CCC2)C1. The highest BCUT2D eigenvalue weighted by molar-refractivity contribution is 5.74. The van der Waals surface area contributed by atoms with Gasteiger partial charge in [0, 0.05) is 26.2 Å². The Balaban J connectivity index is 1.52. The van der Waals surface area contributed by atoms with Gasteiger partial charge in [-0.3, -0.25) is 0 Å². The van der Waals surface area contributed by atoms with E-state index in [0.717, 1.165) is 45.5 Å². The van der Waals surface area contributed by atoms with Gasteiger partial charge in [0.25, 0.3) is 0 Å². The number of nitrogens with zero attached hydrogens (tertiary/aromatic N) is 1. The number of ether oxygens (including phenoxy) is 1. The lowest BCUT2D eigenvalue weighted by molar-refractivity contribution is -0.162. The largest absolute Gasteiger partial charge is 0.375 e. The highest BCUT2D eigenvalue weighted by Crippen LogP contribution is 2.48. The Morgan fingerprint density at radius 2 is 2.06 bits per heavy atom. The predicted molar refractivity (Wildman–Crippen MR) is 69.5 cm³/mol. The number of carbonyl (C=O) groups is 1. The molecule has 0 aromatic heterocycles. The molecular weight excluding hydrogens is 228 g/mol. The van der Waals surface area contributed by atoms with Gasteiger partial charge in [-0.1, -0.05) is 6.92 Å². The number of amides is 2. The van der Waals surface area contributed by atoms with E-state index in [-0.39, 0.29) is 17.0 Å². The molecule has 2 heterocycles. The van der Waals surface area contributed by atoms with Crippen LogP contribution in [0, 0.1) is 5.41 Å². The fourth-order valence-electron chi connectivity index (χ4n) is 3.39. The standard InChI is InChI=1S/C14H24N2O2/c1-13(11-15-12(17)16-7-3-8-16)6-9-18-14(10-13)4-2-5-14/h2-11H2,1H3,(H,15,17). The van der Waals surface area contributed by atoms with Crippen LogP contribution in [0.3, 0.4) is 0 Å². The molecule has 0 bridgehead atoms. The topological polar surface area (TPSA) is 41.6 Å². The van der Waals surface area contributed by atoms with Gasteiger partial charge in [0.15, 0.2) is 0 Å². The molecule has 2 saturated heterocycles. The maximum Gasteiger partial charge on any atom is 0.317 e. The maximum absolute atomic E-state index is 11.8. The molecule has 4 nitrogen and oxygen atoms in total. The van der Waals surface area contributed by atoms with E-state index in [1.807, 2.05) is 4.90 Å². The van der Waals surface area contributed by atoms with Crippen molar-refractivity contribution < 1.29 is 9.53 Å². The van der Waals surface area contributed by atoms with Crippen molar-refractivity contribution in [3.8, 4) is 0 Å². The molecule has 3 fully saturated rings. The van der Waals surface area contributed by atoms with Crippen LogP contribution in [-0.4, -0.2) is 42.8 Å². The molecule has 1 unspecified atom stereocenters. The van der Waals surface area contributed by atoms with Crippen molar-refractivity contribution in [3.05, 3.63) is 0 Å². The molecule has 1 N–H and O–H groups in total. The quantitative estimate of drug-likeness (QED) is 0.818. The van der Waals surface area contributed by atoms with E-state index in [1.54, 1.807) is 0 Å². The zero-order valence-corrected chi connectivity index (χ0v) is 11.3. The minimum absolute atomic E-state index is 0.122. The highest BCUT2D eigenvalue weighted by atomic mass is 16.5. The third-order valence-electron chi connectivity index (χ3n) is 4.94. The summed E-state index contributed by atoms with van der Waals surface area (Å²) in [7, 11) is 0. The number of rotatable bonds is 2. The third kappa shape index (κ3) is 2.22. The average molecular weight is 252 g/mol. The van der Waals surface area contributed by atoms with Crippen molar-refractivity contribution in [2.75, 3.05) is 26.2 Å². The van der Waals surface area contributed by atoms with E-state index >= 15 is 0 Å². The van der Waals surface area contributed by atoms with Crippen molar-refractivity contribution in [1.29, 1.82) is 0 Å². The van der Waals surface area contributed by atoms with E-state index in [0.29, 0.717) is 0 Å². The van der Waals surface area contributed by atoms with E-state index < -0.39 is 0 Å². The molecule has 1 saturated carbocycles. The van der Waals surface area contributed by atoms with E-state index in [9.17, 15) is 4.79 Å². The van der Waals surface area contributed by atoms with Crippen molar-refractivity contribution in [1.82, 2.24) is 10.2 Å².